The molecule has 0 aliphatic carbocycles. The van der Waals surface area contributed by atoms with Crippen LogP contribution in [0.5, 0.6) is 0 Å². The van der Waals surface area contributed by atoms with E-state index in [0.29, 0.717) is 0 Å². The van der Waals surface area contributed by atoms with E-state index >= 15 is 0 Å². The molecule has 1 heterocycles. The Kier molecular flexibility index (Phi) is 5.60. The minimum absolute atomic E-state index is 0.0220. The van der Waals surface area contributed by atoms with Crippen LogP contribution in [-0.4, -0.2) is 28.0 Å². The van der Waals surface area contributed by atoms with E-state index in [1.54, 1.807) is 0 Å². The monoisotopic (exact) mass is 364 g/mol. The van der Waals surface area contributed by atoms with Gasteiger partial charge in [0.15, 0.2) is 0 Å². The predicted molar refractivity (Wildman–Crippen MR) is 106 cm³/mol. The minimum atomic E-state index is -1.03. The number of aromatic amines is 1. The van der Waals surface area contributed by atoms with E-state index in [4.69, 9.17) is 0 Å². The highest BCUT2D eigenvalue weighted by molar-refractivity contribution is 5.87. The molecular weight excluding hydrogens is 340 g/mol. The van der Waals surface area contributed by atoms with Gasteiger partial charge in [0.25, 0.3) is 0 Å². The summed E-state index contributed by atoms with van der Waals surface area (Å²) in [5.41, 5.74) is 4.07. The van der Waals surface area contributed by atoms with Crippen LogP contribution in [0, 0.1) is 6.92 Å². The van der Waals surface area contributed by atoms with E-state index in [0.717, 1.165) is 27.6 Å². The molecule has 0 aliphatic heterocycles. The number of aromatic nitrogens is 1. The Balaban J connectivity index is 1.68. The lowest BCUT2D eigenvalue weighted by atomic mass is 9.93. The number of aliphatic carboxylic acids is 1. The van der Waals surface area contributed by atoms with Gasteiger partial charge in [-0.3, -0.25) is 4.79 Å². The molecule has 3 aromatic rings. The molecule has 2 unspecified atom stereocenters. The highest BCUT2D eigenvalue weighted by atomic mass is 16.4. The van der Waals surface area contributed by atoms with Gasteiger partial charge in [0.2, 0.25) is 5.91 Å². The molecule has 0 radical (unpaired) electrons. The molecule has 27 heavy (non-hydrogen) atoms. The number of carbonyl (C=O) groups excluding carboxylic acids is 1. The highest BCUT2D eigenvalue weighted by Crippen LogP contribution is 2.23. The van der Waals surface area contributed by atoms with Crippen LogP contribution in [0.25, 0.3) is 10.9 Å². The first-order valence-corrected chi connectivity index (χ1v) is 9.08. The van der Waals surface area contributed by atoms with Gasteiger partial charge in [0, 0.05) is 29.9 Å². The zero-order valence-corrected chi connectivity index (χ0v) is 15.5. The van der Waals surface area contributed by atoms with Gasteiger partial charge in [0.1, 0.15) is 6.04 Å². The van der Waals surface area contributed by atoms with Crippen LogP contribution in [0.3, 0.4) is 0 Å². The number of hydrogen-bond donors (Lipinski definition) is 3. The molecule has 5 heteroatoms. The summed E-state index contributed by atoms with van der Waals surface area (Å²) in [5, 5.41) is 13.2. The maximum Gasteiger partial charge on any atom is 0.326 e. The Hall–Kier alpha value is -3.08. The predicted octanol–water partition coefficient (Wildman–Crippen LogP) is 3.78. The van der Waals surface area contributed by atoms with Gasteiger partial charge >= 0.3 is 5.97 Å². The number of benzene rings is 2. The van der Waals surface area contributed by atoms with Gasteiger partial charge in [-0.1, -0.05) is 49.4 Å². The number of nitrogens with one attached hydrogen (secondary N) is 2. The number of H-pyrrole nitrogens is 1. The van der Waals surface area contributed by atoms with Gasteiger partial charge in [-0.2, -0.15) is 0 Å². The standard InChI is InChI=1S/C22H24N2O3/c1-14-7-3-4-8-17(14)15(2)11-21(25)24-20(22(26)27)12-16-13-23-19-10-6-5-9-18(16)19/h3-10,13,15,20,23H,11-12H2,1-2H3,(H,24,25)(H,26,27). The number of hydrogen-bond acceptors (Lipinski definition) is 2. The number of rotatable bonds is 7. The molecule has 0 saturated carbocycles. The van der Waals surface area contributed by atoms with Crippen LogP contribution in [0.1, 0.15) is 36.0 Å². The number of carboxylic acid groups (broad SMARTS) is 1. The summed E-state index contributed by atoms with van der Waals surface area (Å²) in [4.78, 5) is 27.3. The largest absolute Gasteiger partial charge is 0.480 e. The maximum atomic E-state index is 12.5. The Labute approximate surface area is 158 Å². The van der Waals surface area contributed by atoms with E-state index in [9.17, 15) is 14.7 Å². The van der Waals surface area contributed by atoms with Crippen LogP contribution in [0.15, 0.2) is 54.7 Å². The molecule has 0 bridgehead atoms. The number of carboxylic acids is 1. The summed E-state index contributed by atoms with van der Waals surface area (Å²) < 4.78 is 0. The number of carbonyl (C=O) groups is 2. The van der Waals surface area contributed by atoms with Gasteiger partial charge in [-0.05, 0) is 35.6 Å². The fourth-order valence-corrected chi connectivity index (χ4v) is 3.50. The van der Waals surface area contributed by atoms with E-state index < -0.39 is 12.0 Å². The van der Waals surface area contributed by atoms with Crippen molar-refractivity contribution in [2.75, 3.05) is 0 Å². The lowest BCUT2D eigenvalue weighted by molar-refractivity contribution is -0.141. The van der Waals surface area contributed by atoms with Gasteiger partial charge in [0.05, 0.1) is 0 Å². The van der Waals surface area contributed by atoms with Crippen molar-refractivity contribution in [3.63, 3.8) is 0 Å². The molecule has 0 aliphatic rings. The van der Waals surface area contributed by atoms with Crippen molar-refractivity contribution in [1.29, 1.82) is 0 Å². The van der Waals surface area contributed by atoms with E-state index in [1.807, 2.05) is 68.6 Å². The van der Waals surface area contributed by atoms with Crippen molar-refractivity contribution >= 4 is 22.8 Å². The second-order valence-electron chi connectivity index (χ2n) is 6.98. The summed E-state index contributed by atoms with van der Waals surface area (Å²) in [6.07, 6.45) is 2.30. The number of amides is 1. The third-order valence-corrected chi connectivity index (χ3v) is 4.94. The average Bonchev–Trinajstić information content (AvgIpc) is 3.04. The molecule has 3 rings (SSSR count). The van der Waals surface area contributed by atoms with Gasteiger partial charge < -0.3 is 15.4 Å². The summed E-state index contributed by atoms with van der Waals surface area (Å²) >= 11 is 0. The molecule has 0 saturated heterocycles. The summed E-state index contributed by atoms with van der Waals surface area (Å²) in [6.45, 7) is 4.00. The lowest BCUT2D eigenvalue weighted by Gasteiger charge is -2.18. The number of para-hydroxylation sites is 1. The SMILES string of the molecule is Cc1ccccc1C(C)CC(=O)NC(Cc1c[nH]c2ccccc12)C(=O)O. The molecule has 0 fully saturated rings. The Bertz CT molecular complexity index is 961. The molecule has 2 aromatic carbocycles. The summed E-state index contributed by atoms with van der Waals surface area (Å²) in [6, 6.07) is 14.7. The minimum Gasteiger partial charge on any atom is -0.480 e. The molecule has 1 aromatic heterocycles. The van der Waals surface area contributed by atoms with Crippen molar-refractivity contribution in [3.05, 3.63) is 71.4 Å². The van der Waals surface area contributed by atoms with Gasteiger partial charge in [-0.25, -0.2) is 4.79 Å². The van der Waals surface area contributed by atoms with E-state index in [2.05, 4.69) is 10.3 Å². The van der Waals surface area contributed by atoms with Crippen molar-refractivity contribution in [1.82, 2.24) is 10.3 Å². The number of fused-ring (bicyclic) bond motifs is 1. The molecule has 1 amide bonds. The summed E-state index contributed by atoms with van der Waals surface area (Å²) in [5.74, 6) is -1.26. The van der Waals surface area contributed by atoms with Crippen molar-refractivity contribution in [2.45, 2.75) is 38.6 Å². The molecule has 0 spiro atoms. The first-order chi connectivity index (χ1) is 13.0. The Morgan fingerprint density at radius 2 is 1.81 bits per heavy atom. The van der Waals surface area contributed by atoms with Crippen LogP contribution in [0.2, 0.25) is 0 Å². The zero-order chi connectivity index (χ0) is 19.4. The van der Waals surface area contributed by atoms with Crippen LogP contribution in [0.4, 0.5) is 0 Å². The first kappa shape index (κ1) is 18.7. The smallest absolute Gasteiger partial charge is 0.326 e. The Morgan fingerprint density at radius 3 is 2.56 bits per heavy atom. The second kappa shape index (κ2) is 8.08. The molecule has 5 nitrogen and oxygen atoms in total. The Morgan fingerprint density at radius 1 is 1.11 bits per heavy atom. The van der Waals surface area contributed by atoms with Crippen molar-refractivity contribution in [3.8, 4) is 0 Å². The fraction of sp³-hybridized carbons (Fsp3) is 0.273. The van der Waals surface area contributed by atoms with Crippen LogP contribution in [-0.2, 0) is 16.0 Å². The maximum absolute atomic E-state index is 12.5. The van der Waals surface area contributed by atoms with Gasteiger partial charge in [-0.15, -0.1) is 0 Å². The first-order valence-electron chi connectivity index (χ1n) is 9.08. The fourth-order valence-electron chi connectivity index (χ4n) is 3.50. The second-order valence-corrected chi connectivity index (χ2v) is 6.98. The van der Waals surface area contributed by atoms with E-state index in [-0.39, 0.29) is 24.7 Å². The third-order valence-electron chi connectivity index (χ3n) is 4.94. The molecule has 3 N–H and O–H groups in total. The van der Waals surface area contributed by atoms with Crippen LogP contribution >= 0.6 is 0 Å². The van der Waals surface area contributed by atoms with Crippen molar-refractivity contribution in [2.24, 2.45) is 0 Å². The van der Waals surface area contributed by atoms with Crippen molar-refractivity contribution < 1.29 is 14.7 Å². The molecule has 140 valence electrons. The zero-order valence-electron chi connectivity index (χ0n) is 15.5. The topological polar surface area (TPSA) is 82.2 Å². The summed E-state index contributed by atoms with van der Waals surface area (Å²) in [7, 11) is 0. The van der Waals surface area contributed by atoms with E-state index in [1.165, 1.54) is 0 Å². The number of aryl methyl sites for hydroxylation is 1. The third kappa shape index (κ3) is 4.37. The normalized spacial score (nSPS) is 13.3. The quantitative estimate of drug-likeness (QED) is 0.597. The van der Waals surface area contributed by atoms with Crippen LogP contribution < -0.4 is 5.32 Å². The molecule has 2 atom stereocenters. The lowest BCUT2D eigenvalue weighted by Crippen LogP contribution is -2.42. The highest BCUT2D eigenvalue weighted by Gasteiger charge is 2.23. The average molecular weight is 364 g/mol. The molecular formula is C22H24N2O3.